The maximum absolute atomic E-state index is 12.5. The molecule has 0 aliphatic rings. The van der Waals surface area contributed by atoms with E-state index in [-0.39, 0.29) is 24.2 Å². The van der Waals surface area contributed by atoms with Crippen LogP contribution in [0.15, 0.2) is 48.5 Å². The van der Waals surface area contributed by atoms with Gasteiger partial charge in [-0.1, -0.05) is 30.3 Å². The molecule has 8 heteroatoms. The number of rotatable bonds is 5. The van der Waals surface area contributed by atoms with E-state index in [2.05, 4.69) is 15.2 Å². The zero-order valence-corrected chi connectivity index (χ0v) is 16.2. The lowest BCUT2D eigenvalue weighted by Crippen LogP contribution is -2.33. The number of esters is 1. The van der Waals surface area contributed by atoms with Crippen molar-refractivity contribution in [3.05, 3.63) is 59.2 Å². The van der Waals surface area contributed by atoms with Gasteiger partial charge in [0.1, 0.15) is 5.01 Å². The molecule has 2 heterocycles. The molecule has 4 rings (SSSR count). The molecule has 7 nitrogen and oxygen atoms in total. The Morgan fingerprint density at radius 1 is 1.18 bits per heavy atom. The van der Waals surface area contributed by atoms with Crippen LogP contribution < -0.4 is 0 Å². The van der Waals surface area contributed by atoms with E-state index in [1.165, 1.54) is 4.90 Å². The number of ether oxygens (including phenoxy) is 1. The summed E-state index contributed by atoms with van der Waals surface area (Å²) in [6.45, 7) is 1.55. The zero-order valence-electron chi connectivity index (χ0n) is 15.4. The van der Waals surface area contributed by atoms with E-state index in [1.807, 2.05) is 49.4 Å². The molecule has 0 saturated carbocycles. The maximum Gasteiger partial charge on any atom is 0.359 e. The lowest BCUT2D eigenvalue weighted by atomic mass is 10.2. The number of carbonyl (C=O) groups excluding carboxylic acids is 2. The highest BCUT2D eigenvalue weighted by atomic mass is 32.1. The minimum absolute atomic E-state index is 0.172. The van der Waals surface area contributed by atoms with E-state index >= 15 is 0 Å². The number of para-hydroxylation sites is 2. The zero-order chi connectivity index (χ0) is 19.7. The highest BCUT2D eigenvalue weighted by Crippen LogP contribution is 2.28. The largest absolute Gasteiger partial charge is 0.451 e. The second kappa shape index (κ2) is 7.40. The molecule has 1 atom stereocenters. The molecule has 0 spiro atoms. The van der Waals surface area contributed by atoms with Gasteiger partial charge in [0.05, 0.1) is 21.8 Å². The molecule has 28 heavy (non-hydrogen) atoms. The Kier molecular flexibility index (Phi) is 4.79. The van der Waals surface area contributed by atoms with Crippen LogP contribution in [0.5, 0.6) is 0 Å². The summed E-state index contributed by atoms with van der Waals surface area (Å²) in [6, 6.07) is 14.9. The first kappa shape index (κ1) is 18.1. The van der Waals surface area contributed by atoms with Gasteiger partial charge in [0.25, 0.3) is 5.91 Å². The Morgan fingerprint density at radius 3 is 2.75 bits per heavy atom. The number of benzene rings is 2. The molecule has 0 radical (unpaired) electrons. The van der Waals surface area contributed by atoms with Crippen molar-refractivity contribution in [3.8, 4) is 0 Å². The molecular formula is C20H18N4O3S. The van der Waals surface area contributed by atoms with Gasteiger partial charge in [-0.3, -0.25) is 9.89 Å². The fourth-order valence-electron chi connectivity index (χ4n) is 2.87. The highest BCUT2D eigenvalue weighted by molar-refractivity contribution is 7.18. The Bertz CT molecular complexity index is 1130. The predicted molar refractivity (Wildman–Crippen MR) is 107 cm³/mol. The summed E-state index contributed by atoms with van der Waals surface area (Å²) >= 11 is 1.55. The molecule has 2 aromatic heterocycles. The Balaban J connectivity index is 1.42. The van der Waals surface area contributed by atoms with Gasteiger partial charge in [-0.05, 0) is 25.1 Å². The highest BCUT2D eigenvalue weighted by Gasteiger charge is 2.23. The summed E-state index contributed by atoms with van der Waals surface area (Å²) < 4.78 is 6.26. The molecule has 1 N–H and O–H groups in total. The molecule has 0 unspecified atom stereocenters. The topological polar surface area (TPSA) is 88.2 Å². The first-order valence-electron chi connectivity index (χ1n) is 8.76. The minimum atomic E-state index is -0.633. The Labute approximate surface area is 164 Å². The van der Waals surface area contributed by atoms with Gasteiger partial charge in [-0.15, -0.1) is 11.3 Å². The summed E-state index contributed by atoms with van der Waals surface area (Å²) in [7, 11) is 1.68. The van der Waals surface area contributed by atoms with Gasteiger partial charge in [-0.25, -0.2) is 9.78 Å². The van der Waals surface area contributed by atoms with E-state index in [0.717, 1.165) is 20.7 Å². The van der Waals surface area contributed by atoms with Crippen LogP contribution in [0.3, 0.4) is 0 Å². The number of thiazole rings is 1. The van der Waals surface area contributed by atoms with Crippen LogP contribution in [0.4, 0.5) is 0 Å². The molecule has 1 amide bonds. The number of amides is 1. The summed E-state index contributed by atoms with van der Waals surface area (Å²) in [4.78, 5) is 31.0. The monoisotopic (exact) mass is 394 g/mol. The summed E-state index contributed by atoms with van der Waals surface area (Å²) in [6.07, 6.45) is 0. The minimum Gasteiger partial charge on any atom is -0.451 e. The number of hydrogen-bond donors (Lipinski definition) is 1. The number of nitrogens with one attached hydrogen (secondary N) is 1. The van der Waals surface area contributed by atoms with Crippen LogP contribution in [-0.4, -0.2) is 45.6 Å². The molecule has 4 aromatic rings. The van der Waals surface area contributed by atoms with E-state index < -0.39 is 5.97 Å². The first-order chi connectivity index (χ1) is 13.5. The lowest BCUT2D eigenvalue weighted by molar-refractivity contribution is -0.135. The number of H-pyrrole nitrogens is 1. The summed E-state index contributed by atoms with van der Waals surface area (Å²) in [5.74, 6) is -0.938. The number of hydrogen-bond acceptors (Lipinski definition) is 6. The number of aromatic nitrogens is 3. The van der Waals surface area contributed by atoms with E-state index in [0.29, 0.717) is 5.39 Å². The number of aromatic amines is 1. The fraction of sp³-hybridized carbons (Fsp3) is 0.200. The van der Waals surface area contributed by atoms with Crippen LogP contribution in [0.25, 0.3) is 21.1 Å². The van der Waals surface area contributed by atoms with Crippen molar-refractivity contribution in [1.82, 2.24) is 20.1 Å². The predicted octanol–water partition coefficient (Wildman–Crippen LogP) is 3.55. The van der Waals surface area contributed by atoms with Crippen molar-refractivity contribution in [2.75, 3.05) is 13.7 Å². The summed E-state index contributed by atoms with van der Waals surface area (Å²) in [5.41, 5.74) is 1.82. The second-order valence-electron chi connectivity index (χ2n) is 6.39. The third kappa shape index (κ3) is 3.34. The lowest BCUT2D eigenvalue weighted by Gasteiger charge is -2.22. The van der Waals surface area contributed by atoms with Crippen LogP contribution >= 0.6 is 11.3 Å². The standard InChI is InChI=1S/C20H18N4O3S/c1-12(19-21-15-9-5-6-10-16(15)28-19)24(2)17(25)11-27-20(26)18-13-7-3-4-8-14(13)22-23-18/h3-10,12H,11H2,1-2H3,(H,22,23)/t12-/m1/s1. The maximum atomic E-state index is 12.5. The van der Waals surface area contributed by atoms with E-state index in [4.69, 9.17) is 4.74 Å². The van der Waals surface area contributed by atoms with Crippen LogP contribution in [-0.2, 0) is 9.53 Å². The van der Waals surface area contributed by atoms with Crippen molar-refractivity contribution in [2.24, 2.45) is 0 Å². The van der Waals surface area contributed by atoms with Crippen molar-refractivity contribution < 1.29 is 14.3 Å². The van der Waals surface area contributed by atoms with Gasteiger partial charge < -0.3 is 9.64 Å². The fourth-order valence-corrected chi connectivity index (χ4v) is 3.93. The average molecular weight is 394 g/mol. The van der Waals surface area contributed by atoms with Crippen LogP contribution in [0, 0.1) is 0 Å². The van der Waals surface area contributed by atoms with Gasteiger partial charge in [0.2, 0.25) is 0 Å². The normalized spacial score (nSPS) is 12.2. The average Bonchev–Trinajstić information content (AvgIpc) is 3.34. The van der Waals surface area contributed by atoms with E-state index in [1.54, 1.807) is 24.5 Å². The van der Waals surface area contributed by atoms with Gasteiger partial charge in [0, 0.05) is 12.4 Å². The first-order valence-corrected chi connectivity index (χ1v) is 9.57. The molecule has 0 aliphatic carbocycles. The number of nitrogens with zero attached hydrogens (tertiary/aromatic N) is 3. The number of fused-ring (bicyclic) bond motifs is 2. The van der Waals surface area contributed by atoms with Crippen LogP contribution in [0.1, 0.15) is 28.5 Å². The molecule has 2 aromatic carbocycles. The third-order valence-corrected chi connectivity index (χ3v) is 5.84. The Morgan fingerprint density at radius 2 is 1.93 bits per heavy atom. The van der Waals surface area contributed by atoms with E-state index in [9.17, 15) is 9.59 Å². The van der Waals surface area contributed by atoms with Gasteiger partial charge in [-0.2, -0.15) is 5.10 Å². The van der Waals surface area contributed by atoms with Crippen molar-refractivity contribution in [1.29, 1.82) is 0 Å². The quantitative estimate of drug-likeness (QED) is 0.523. The SMILES string of the molecule is C[C@H](c1nc2ccccc2s1)N(C)C(=O)COC(=O)c1n[nH]c2ccccc12. The molecule has 142 valence electrons. The Hall–Kier alpha value is -3.26. The molecule has 0 fully saturated rings. The van der Waals surface area contributed by atoms with Crippen molar-refractivity contribution >= 4 is 44.3 Å². The van der Waals surface area contributed by atoms with Gasteiger partial charge >= 0.3 is 5.97 Å². The summed E-state index contributed by atoms with van der Waals surface area (Å²) in [5, 5.41) is 8.27. The second-order valence-corrected chi connectivity index (χ2v) is 7.46. The van der Waals surface area contributed by atoms with Gasteiger partial charge in [0.15, 0.2) is 12.3 Å². The van der Waals surface area contributed by atoms with Crippen molar-refractivity contribution in [2.45, 2.75) is 13.0 Å². The molecular weight excluding hydrogens is 376 g/mol. The number of likely N-dealkylation sites (N-methyl/N-ethyl adjacent to an activating group) is 1. The smallest absolute Gasteiger partial charge is 0.359 e. The van der Waals surface area contributed by atoms with Crippen LogP contribution in [0.2, 0.25) is 0 Å². The third-order valence-electron chi connectivity index (χ3n) is 4.63. The number of carbonyl (C=O) groups is 2. The molecule has 0 saturated heterocycles. The van der Waals surface area contributed by atoms with Crippen molar-refractivity contribution in [3.63, 3.8) is 0 Å². The molecule has 0 bridgehead atoms. The molecule has 0 aliphatic heterocycles.